The summed E-state index contributed by atoms with van der Waals surface area (Å²) in [5.41, 5.74) is 19.4. The van der Waals surface area contributed by atoms with Crippen molar-refractivity contribution in [1.29, 1.82) is 0 Å². The van der Waals surface area contributed by atoms with Gasteiger partial charge in [0.05, 0.1) is 10.8 Å². The Balaban J connectivity index is 1.06. The average molecular weight is 846 g/mol. The van der Waals surface area contributed by atoms with Crippen LogP contribution in [0, 0.1) is 0 Å². The van der Waals surface area contributed by atoms with Gasteiger partial charge in [-0.05, 0) is 126 Å². The van der Waals surface area contributed by atoms with Crippen LogP contribution in [-0.4, -0.2) is 6.79 Å². The zero-order valence-electron chi connectivity index (χ0n) is 36.1. The van der Waals surface area contributed by atoms with E-state index in [2.05, 4.69) is 248 Å². The number of anilines is 3. The summed E-state index contributed by atoms with van der Waals surface area (Å²) >= 11 is 0. The highest BCUT2D eigenvalue weighted by atomic mass is 16.7. The van der Waals surface area contributed by atoms with E-state index in [9.17, 15) is 0 Å². The van der Waals surface area contributed by atoms with Crippen LogP contribution < -0.4 is 14.4 Å². The molecule has 312 valence electrons. The molecule has 66 heavy (non-hydrogen) atoms. The minimum atomic E-state index is -0.547. The number of rotatable bonds is 8. The topological polar surface area (TPSA) is 21.7 Å². The van der Waals surface area contributed by atoms with Crippen molar-refractivity contribution < 1.29 is 9.47 Å². The first-order valence-electron chi connectivity index (χ1n) is 22.7. The maximum absolute atomic E-state index is 5.79. The molecule has 0 N–H and O–H groups in total. The number of nitrogens with zero attached hydrogens (tertiary/aromatic N) is 1. The Hall–Kier alpha value is -8.40. The molecule has 10 aromatic carbocycles. The van der Waals surface area contributed by atoms with E-state index in [-0.39, 0.29) is 6.79 Å². The molecule has 3 aliphatic rings. The Morgan fingerprint density at radius 1 is 0.288 bits per heavy atom. The monoisotopic (exact) mass is 845 g/mol. The van der Waals surface area contributed by atoms with Crippen molar-refractivity contribution in [3.05, 3.63) is 293 Å². The summed E-state index contributed by atoms with van der Waals surface area (Å²) in [4.78, 5) is 2.46. The van der Waals surface area contributed by atoms with Crippen LogP contribution in [0.25, 0.3) is 33.4 Å². The molecule has 2 aliphatic carbocycles. The molecule has 10 aromatic rings. The van der Waals surface area contributed by atoms with Crippen LogP contribution in [0.2, 0.25) is 0 Å². The second kappa shape index (κ2) is 15.1. The Morgan fingerprint density at radius 2 is 0.667 bits per heavy atom. The van der Waals surface area contributed by atoms with Crippen molar-refractivity contribution in [1.82, 2.24) is 0 Å². The zero-order chi connectivity index (χ0) is 43.7. The normalized spacial score (nSPS) is 14.2. The molecule has 0 saturated heterocycles. The number of benzene rings is 10. The summed E-state index contributed by atoms with van der Waals surface area (Å²) < 4.78 is 11.4. The standard InChI is InChI=1S/C63H43NO2/c1-5-17-45(18-6-1)62(46-19-7-2-8-20-46)56-27-15-13-25-52(56)54-36-34-50(40-58(54)62)64(49-32-29-43(30-33-49)44-31-38-60-61(39-44)66-42-65-60)51-35-37-55-53-26-14-16-28-57(53)63(59(55)41-51,47-21-9-3-10-22-47)48-23-11-4-12-24-48/h1-41H,42H2. The van der Waals surface area contributed by atoms with Crippen molar-refractivity contribution >= 4 is 17.1 Å². The first-order chi connectivity index (χ1) is 32.7. The van der Waals surface area contributed by atoms with Crippen molar-refractivity contribution in [2.45, 2.75) is 10.8 Å². The Labute approximate surface area is 385 Å². The molecule has 3 nitrogen and oxygen atoms in total. The first kappa shape index (κ1) is 38.1. The maximum Gasteiger partial charge on any atom is 0.231 e. The zero-order valence-corrected chi connectivity index (χ0v) is 36.1. The van der Waals surface area contributed by atoms with Gasteiger partial charge in [0.1, 0.15) is 0 Å². The van der Waals surface area contributed by atoms with E-state index < -0.39 is 10.8 Å². The summed E-state index contributed by atoms with van der Waals surface area (Å²) in [5.74, 6) is 1.56. The fourth-order valence-electron chi connectivity index (χ4n) is 11.5. The van der Waals surface area contributed by atoms with Crippen LogP contribution in [0.3, 0.4) is 0 Å². The molecule has 0 unspecified atom stereocenters. The fraction of sp³-hybridized carbons (Fsp3) is 0.0476. The van der Waals surface area contributed by atoms with Crippen LogP contribution in [0.1, 0.15) is 44.5 Å². The third-order valence-corrected chi connectivity index (χ3v) is 14.2. The summed E-state index contributed by atoms with van der Waals surface area (Å²) in [6.45, 7) is 0.246. The molecule has 0 atom stereocenters. The fourth-order valence-corrected chi connectivity index (χ4v) is 11.5. The van der Waals surface area contributed by atoms with E-state index in [0.29, 0.717) is 0 Å². The lowest BCUT2D eigenvalue weighted by Gasteiger charge is -2.36. The quantitative estimate of drug-likeness (QED) is 0.152. The van der Waals surface area contributed by atoms with Crippen LogP contribution in [0.5, 0.6) is 11.5 Å². The molecule has 0 fully saturated rings. The number of hydrogen-bond donors (Lipinski definition) is 0. The number of ether oxygens (including phenoxy) is 2. The Bertz CT molecular complexity index is 3180. The maximum atomic E-state index is 5.79. The van der Waals surface area contributed by atoms with E-state index in [1.807, 2.05) is 6.07 Å². The van der Waals surface area contributed by atoms with E-state index in [0.717, 1.165) is 39.7 Å². The van der Waals surface area contributed by atoms with Gasteiger partial charge in [-0.1, -0.05) is 200 Å². The van der Waals surface area contributed by atoms with Crippen molar-refractivity contribution in [2.75, 3.05) is 11.7 Å². The van der Waals surface area contributed by atoms with E-state index in [4.69, 9.17) is 9.47 Å². The molecule has 13 rings (SSSR count). The van der Waals surface area contributed by atoms with Gasteiger partial charge in [0, 0.05) is 17.1 Å². The van der Waals surface area contributed by atoms with Crippen LogP contribution >= 0.6 is 0 Å². The minimum Gasteiger partial charge on any atom is -0.454 e. The van der Waals surface area contributed by atoms with Gasteiger partial charge >= 0.3 is 0 Å². The summed E-state index contributed by atoms with van der Waals surface area (Å²) in [6, 6.07) is 91.6. The van der Waals surface area contributed by atoms with Gasteiger partial charge in [0.25, 0.3) is 0 Å². The van der Waals surface area contributed by atoms with Crippen LogP contribution in [0.4, 0.5) is 17.1 Å². The molecule has 0 aromatic heterocycles. The SMILES string of the molecule is c1ccc(C2(c3ccccc3)c3ccccc3-c3ccc(N(c4ccc(-c5ccc6c(c5)OCO6)cc4)c4ccc5c(c4)C(c4ccccc4)(c4ccccc4)c4ccccc4-5)cc32)cc1. The van der Waals surface area contributed by atoms with E-state index in [1.54, 1.807) is 0 Å². The van der Waals surface area contributed by atoms with Gasteiger partial charge in [-0.2, -0.15) is 0 Å². The van der Waals surface area contributed by atoms with Crippen molar-refractivity contribution in [3.63, 3.8) is 0 Å². The third kappa shape index (κ3) is 5.56. The average Bonchev–Trinajstić information content (AvgIpc) is 4.08. The second-order valence-corrected chi connectivity index (χ2v) is 17.5. The van der Waals surface area contributed by atoms with Gasteiger partial charge in [-0.3, -0.25) is 0 Å². The first-order valence-corrected chi connectivity index (χ1v) is 22.7. The number of hydrogen-bond acceptors (Lipinski definition) is 3. The highest BCUT2D eigenvalue weighted by Crippen LogP contribution is 2.59. The molecular formula is C63H43NO2. The highest BCUT2D eigenvalue weighted by molar-refractivity contribution is 5.92. The molecule has 1 heterocycles. The van der Waals surface area contributed by atoms with Gasteiger partial charge < -0.3 is 14.4 Å². The molecule has 0 saturated carbocycles. The van der Waals surface area contributed by atoms with Crippen molar-refractivity contribution in [2.24, 2.45) is 0 Å². The predicted octanol–water partition coefficient (Wildman–Crippen LogP) is 15.3. The Kier molecular flexibility index (Phi) is 8.72. The number of fused-ring (bicyclic) bond motifs is 7. The molecular weight excluding hydrogens is 803 g/mol. The largest absolute Gasteiger partial charge is 0.454 e. The Morgan fingerprint density at radius 3 is 1.14 bits per heavy atom. The minimum absolute atomic E-state index is 0.246. The summed E-state index contributed by atoms with van der Waals surface area (Å²) in [5, 5.41) is 0. The van der Waals surface area contributed by atoms with E-state index in [1.165, 1.54) is 66.8 Å². The molecule has 0 radical (unpaired) electrons. The van der Waals surface area contributed by atoms with Crippen LogP contribution in [-0.2, 0) is 10.8 Å². The van der Waals surface area contributed by atoms with E-state index >= 15 is 0 Å². The van der Waals surface area contributed by atoms with Gasteiger partial charge in [-0.25, -0.2) is 0 Å². The summed E-state index contributed by atoms with van der Waals surface area (Å²) in [7, 11) is 0. The molecule has 0 spiro atoms. The molecule has 0 bridgehead atoms. The van der Waals surface area contributed by atoms with Gasteiger partial charge in [0.2, 0.25) is 6.79 Å². The smallest absolute Gasteiger partial charge is 0.231 e. The molecule has 0 amide bonds. The van der Waals surface area contributed by atoms with Crippen LogP contribution in [0.15, 0.2) is 249 Å². The third-order valence-electron chi connectivity index (χ3n) is 14.2. The lowest BCUT2D eigenvalue weighted by Crippen LogP contribution is -2.29. The summed E-state index contributed by atoms with van der Waals surface area (Å²) in [6.07, 6.45) is 0. The predicted molar refractivity (Wildman–Crippen MR) is 267 cm³/mol. The van der Waals surface area contributed by atoms with Gasteiger partial charge in [-0.15, -0.1) is 0 Å². The lowest BCUT2D eigenvalue weighted by atomic mass is 9.67. The van der Waals surface area contributed by atoms with Gasteiger partial charge in [0.15, 0.2) is 11.5 Å². The molecule has 3 heteroatoms. The second-order valence-electron chi connectivity index (χ2n) is 17.5. The van der Waals surface area contributed by atoms with Crippen molar-refractivity contribution in [3.8, 4) is 44.9 Å². The highest BCUT2D eigenvalue weighted by Gasteiger charge is 2.48. The molecule has 1 aliphatic heterocycles. The lowest BCUT2D eigenvalue weighted by molar-refractivity contribution is 0.174.